The molecule has 0 aliphatic carbocycles. The minimum atomic E-state index is 0.0802. The predicted molar refractivity (Wildman–Crippen MR) is 75.0 cm³/mol. The molecule has 2 heterocycles. The second kappa shape index (κ2) is 6.49. The third-order valence-corrected chi connectivity index (χ3v) is 3.18. The Morgan fingerprint density at radius 3 is 2.95 bits per heavy atom. The summed E-state index contributed by atoms with van der Waals surface area (Å²) in [5.74, 6) is 7.22. The van der Waals surface area contributed by atoms with E-state index >= 15 is 0 Å². The lowest BCUT2D eigenvalue weighted by Crippen LogP contribution is -2.35. The van der Waals surface area contributed by atoms with Crippen LogP contribution < -0.4 is 16.2 Å². The number of nitrogen functional groups attached to an aromatic ring is 1. The molecule has 3 N–H and O–H groups in total. The van der Waals surface area contributed by atoms with Gasteiger partial charge in [-0.25, -0.2) is 15.8 Å². The molecule has 0 saturated carbocycles. The van der Waals surface area contributed by atoms with Crippen LogP contribution in [0.2, 0.25) is 0 Å². The number of amides is 1. The smallest absolute Gasteiger partial charge is 0.241 e. The molecule has 1 aromatic heterocycles. The maximum Gasteiger partial charge on any atom is 0.241 e. The number of likely N-dealkylation sites (N-methyl/N-ethyl adjacent to an activating group) is 1. The Labute approximate surface area is 117 Å². The SMILES string of the molecule is COCc1nc(NN)cc(N2CCCN(C)C(=O)C2)n1. The van der Waals surface area contributed by atoms with Crippen molar-refractivity contribution in [3.8, 4) is 0 Å². The first-order chi connectivity index (χ1) is 9.63. The Hall–Kier alpha value is -1.93. The summed E-state index contributed by atoms with van der Waals surface area (Å²) in [6.45, 7) is 2.13. The van der Waals surface area contributed by atoms with Gasteiger partial charge < -0.3 is 20.0 Å². The van der Waals surface area contributed by atoms with Crippen molar-refractivity contribution in [2.45, 2.75) is 13.0 Å². The zero-order valence-corrected chi connectivity index (χ0v) is 11.8. The molecule has 8 nitrogen and oxygen atoms in total. The molecule has 1 amide bonds. The van der Waals surface area contributed by atoms with Crippen LogP contribution in [0.5, 0.6) is 0 Å². The summed E-state index contributed by atoms with van der Waals surface area (Å²) in [5.41, 5.74) is 2.51. The van der Waals surface area contributed by atoms with Gasteiger partial charge in [-0.1, -0.05) is 0 Å². The molecule has 0 spiro atoms. The van der Waals surface area contributed by atoms with Crippen molar-refractivity contribution in [1.29, 1.82) is 0 Å². The Morgan fingerprint density at radius 1 is 1.45 bits per heavy atom. The van der Waals surface area contributed by atoms with Crippen molar-refractivity contribution in [2.24, 2.45) is 5.84 Å². The number of carbonyl (C=O) groups excluding carboxylic acids is 1. The number of nitrogens with zero attached hydrogens (tertiary/aromatic N) is 4. The average molecular weight is 280 g/mol. The van der Waals surface area contributed by atoms with E-state index in [4.69, 9.17) is 10.6 Å². The van der Waals surface area contributed by atoms with Crippen LogP contribution in [0, 0.1) is 0 Å². The summed E-state index contributed by atoms with van der Waals surface area (Å²) in [4.78, 5) is 24.2. The summed E-state index contributed by atoms with van der Waals surface area (Å²) in [5, 5.41) is 0. The second-order valence-corrected chi connectivity index (χ2v) is 4.70. The lowest BCUT2D eigenvalue weighted by Gasteiger charge is -2.21. The summed E-state index contributed by atoms with van der Waals surface area (Å²) in [6, 6.07) is 1.73. The van der Waals surface area contributed by atoms with Crippen LogP contribution in [-0.4, -0.2) is 54.6 Å². The lowest BCUT2D eigenvalue weighted by atomic mass is 10.3. The zero-order chi connectivity index (χ0) is 14.5. The number of nitrogens with one attached hydrogen (secondary N) is 1. The number of hydrogen-bond acceptors (Lipinski definition) is 7. The molecule has 110 valence electrons. The van der Waals surface area contributed by atoms with E-state index in [9.17, 15) is 4.79 Å². The second-order valence-electron chi connectivity index (χ2n) is 4.70. The average Bonchev–Trinajstić information content (AvgIpc) is 2.61. The van der Waals surface area contributed by atoms with Gasteiger partial charge >= 0.3 is 0 Å². The van der Waals surface area contributed by atoms with Crippen LogP contribution in [0.25, 0.3) is 0 Å². The van der Waals surface area contributed by atoms with E-state index in [0.29, 0.717) is 30.6 Å². The minimum Gasteiger partial charge on any atom is -0.377 e. The van der Waals surface area contributed by atoms with Crippen LogP contribution in [0.4, 0.5) is 11.6 Å². The first-order valence-corrected chi connectivity index (χ1v) is 6.46. The van der Waals surface area contributed by atoms with Crippen molar-refractivity contribution in [3.05, 3.63) is 11.9 Å². The molecule has 0 atom stereocenters. The third kappa shape index (κ3) is 3.34. The standard InChI is InChI=1S/C12H20N6O2/c1-17-4-3-5-18(7-12(17)19)11-6-9(16-13)14-10(15-11)8-20-2/h6H,3-5,7-8,13H2,1-2H3,(H,14,15,16). The number of rotatable bonds is 4. The van der Waals surface area contributed by atoms with E-state index in [0.717, 1.165) is 19.5 Å². The molecule has 1 aromatic rings. The summed E-state index contributed by atoms with van der Waals surface area (Å²) in [6.07, 6.45) is 0.900. The fourth-order valence-corrected chi connectivity index (χ4v) is 2.09. The van der Waals surface area contributed by atoms with Crippen molar-refractivity contribution in [2.75, 3.05) is 44.1 Å². The van der Waals surface area contributed by atoms with Crippen LogP contribution in [0.15, 0.2) is 6.07 Å². The highest BCUT2D eigenvalue weighted by molar-refractivity contribution is 5.81. The largest absolute Gasteiger partial charge is 0.377 e. The molecule has 0 radical (unpaired) electrons. The molecule has 8 heteroatoms. The van der Waals surface area contributed by atoms with Gasteiger partial charge in [0.1, 0.15) is 18.2 Å². The maximum atomic E-state index is 11.9. The van der Waals surface area contributed by atoms with Gasteiger partial charge in [-0.15, -0.1) is 0 Å². The predicted octanol–water partition coefficient (Wildman–Crippen LogP) is -0.423. The highest BCUT2D eigenvalue weighted by Crippen LogP contribution is 2.18. The molecule has 1 aliphatic heterocycles. The van der Waals surface area contributed by atoms with Gasteiger partial charge in [-0.05, 0) is 6.42 Å². The topological polar surface area (TPSA) is 96.6 Å². The molecule has 1 saturated heterocycles. The van der Waals surface area contributed by atoms with Gasteiger partial charge in [-0.2, -0.15) is 0 Å². The third-order valence-electron chi connectivity index (χ3n) is 3.18. The van der Waals surface area contributed by atoms with Crippen molar-refractivity contribution >= 4 is 17.5 Å². The normalized spacial score (nSPS) is 16.2. The first-order valence-electron chi connectivity index (χ1n) is 6.46. The molecule has 1 fully saturated rings. The molecule has 0 aromatic carbocycles. The number of methoxy groups -OCH3 is 1. The minimum absolute atomic E-state index is 0.0802. The molecular weight excluding hydrogens is 260 g/mol. The first kappa shape index (κ1) is 14.5. The van der Waals surface area contributed by atoms with Crippen molar-refractivity contribution in [1.82, 2.24) is 14.9 Å². The molecular formula is C12H20N6O2. The quantitative estimate of drug-likeness (QED) is 0.571. The van der Waals surface area contributed by atoms with E-state index in [1.807, 2.05) is 11.9 Å². The van der Waals surface area contributed by atoms with E-state index in [1.54, 1.807) is 18.1 Å². The van der Waals surface area contributed by atoms with Gasteiger partial charge in [0.15, 0.2) is 5.82 Å². The number of carbonyl (C=O) groups is 1. The van der Waals surface area contributed by atoms with Gasteiger partial charge in [0.25, 0.3) is 0 Å². The molecule has 0 bridgehead atoms. The molecule has 0 unspecified atom stereocenters. The van der Waals surface area contributed by atoms with Gasteiger partial charge in [-0.3, -0.25) is 4.79 Å². The van der Waals surface area contributed by atoms with Crippen molar-refractivity contribution < 1.29 is 9.53 Å². The number of hydrogen-bond donors (Lipinski definition) is 2. The number of aromatic nitrogens is 2. The Morgan fingerprint density at radius 2 is 2.25 bits per heavy atom. The highest BCUT2D eigenvalue weighted by Gasteiger charge is 2.21. The Bertz CT molecular complexity index is 481. The van der Waals surface area contributed by atoms with E-state index in [1.165, 1.54) is 0 Å². The fourth-order valence-electron chi connectivity index (χ4n) is 2.09. The highest BCUT2D eigenvalue weighted by atomic mass is 16.5. The van der Waals surface area contributed by atoms with Crippen LogP contribution in [-0.2, 0) is 16.1 Å². The Kier molecular flexibility index (Phi) is 4.70. The summed E-state index contributed by atoms with van der Waals surface area (Å²) in [7, 11) is 3.39. The van der Waals surface area contributed by atoms with Gasteiger partial charge in [0, 0.05) is 33.3 Å². The maximum absolute atomic E-state index is 11.9. The van der Waals surface area contributed by atoms with Crippen LogP contribution in [0.3, 0.4) is 0 Å². The van der Waals surface area contributed by atoms with E-state index < -0.39 is 0 Å². The number of hydrazine groups is 1. The number of anilines is 2. The molecule has 1 aliphatic rings. The fraction of sp³-hybridized carbons (Fsp3) is 0.583. The summed E-state index contributed by atoms with van der Waals surface area (Å²) < 4.78 is 5.05. The summed E-state index contributed by atoms with van der Waals surface area (Å²) >= 11 is 0. The van der Waals surface area contributed by atoms with E-state index in [-0.39, 0.29) is 5.91 Å². The lowest BCUT2D eigenvalue weighted by molar-refractivity contribution is -0.127. The Balaban J connectivity index is 2.25. The van der Waals surface area contributed by atoms with Crippen molar-refractivity contribution in [3.63, 3.8) is 0 Å². The van der Waals surface area contributed by atoms with Crippen LogP contribution >= 0.6 is 0 Å². The number of ether oxygens (including phenoxy) is 1. The van der Waals surface area contributed by atoms with Crippen LogP contribution in [0.1, 0.15) is 12.2 Å². The molecule has 2 rings (SSSR count). The number of nitrogens with two attached hydrogens (primary N) is 1. The monoisotopic (exact) mass is 280 g/mol. The van der Waals surface area contributed by atoms with Gasteiger partial charge in [0.2, 0.25) is 5.91 Å². The zero-order valence-electron chi connectivity index (χ0n) is 11.8. The van der Waals surface area contributed by atoms with E-state index in [2.05, 4.69) is 15.4 Å². The van der Waals surface area contributed by atoms with Gasteiger partial charge in [0.05, 0.1) is 6.54 Å². The molecule has 20 heavy (non-hydrogen) atoms.